The van der Waals surface area contributed by atoms with Crippen molar-refractivity contribution in [2.75, 3.05) is 17.3 Å². The van der Waals surface area contributed by atoms with Crippen molar-refractivity contribution in [2.45, 2.75) is 17.7 Å². The van der Waals surface area contributed by atoms with Gasteiger partial charge in [-0.25, -0.2) is 4.39 Å². The maximum atomic E-state index is 13.7. The molecule has 0 aromatic heterocycles. The Morgan fingerprint density at radius 1 is 1.47 bits per heavy atom. The van der Waals surface area contributed by atoms with Crippen LogP contribution in [0.2, 0.25) is 0 Å². The van der Waals surface area contributed by atoms with Crippen LogP contribution in [-0.2, 0) is 6.42 Å². The van der Waals surface area contributed by atoms with Gasteiger partial charge in [0.05, 0.1) is 0 Å². The fourth-order valence-corrected chi connectivity index (χ4v) is 4.98. The Bertz CT molecular complexity index is 383. The van der Waals surface area contributed by atoms with E-state index in [0.717, 1.165) is 21.5 Å². The first-order valence-corrected chi connectivity index (χ1v) is 8.55. The third-order valence-electron chi connectivity index (χ3n) is 2.79. The number of hydrogen-bond donors (Lipinski definition) is 1. The molecule has 94 valence electrons. The van der Waals surface area contributed by atoms with E-state index in [-0.39, 0.29) is 11.9 Å². The lowest BCUT2D eigenvalue weighted by molar-refractivity contribution is 0.583. The topological polar surface area (TPSA) is 26.0 Å². The van der Waals surface area contributed by atoms with Gasteiger partial charge in [0.2, 0.25) is 0 Å². The van der Waals surface area contributed by atoms with Gasteiger partial charge in [-0.2, -0.15) is 23.5 Å². The van der Waals surface area contributed by atoms with Crippen molar-refractivity contribution in [1.29, 1.82) is 0 Å². The molecule has 0 radical (unpaired) electrons. The predicted molar refractivity (Wildman–Crippen MR) is 79.4 cm³/mol. The second-order valence-corrected chi connectivity index (χ2v) is 7.50. The van der Waals surface area contributed by atoms with Gasteiger partial charge in [0.15, 0.2) is 0 Å². The number of thioether (sulfide) groups is 2. The van der Waals surface area contributed by atoms with Crippen LogP contribution in [0.1, 0.15) is 5.56 Å². The van der Waals surface area contributed by atoms with E-state index in [4.69, 9.17) is 5.73 Å². The summed E-state index contributed by atoms with van der Waals surface area (Å²) in [4.78, 5) is 0. The van der Waals surface area contributed by atoms with Gasteiger partial charge < -0.3 is 5.73 Å². The molecular weight excluding hydrogens is 321 g/mol. The maximum Gasteiger partial charge on any atom is 0.127 e. The molecule has 1 aromatic carbocycles. The number of benzene rings is 1. The molecular formula is C12H15BrFNS2. The van der Waals surface area contributed by atoms with Crippen LogP contribution in [-0.4, -0.2) is 28.6 Å². The van der Waals surface area contributed by atoms with Crippen molar-refractivity contribution in [2.24, 2.45) is 5.73 Å². The molecule has 1 aliphatic heterocycles. The maximum absolute atomic E-state index is 13.7. The number of halogens is 2. The van der Waals surface area contributed by atoms with E-state index in [0.29, 0.717) is 11.7 Å². The minimum absolute atomic E-state index is 0.0449. The fourth-order valence-electron chi connectivity index (χ4n) is 1.83. The molecule has 2 unspecified atom stereocenters. The van der Waals surface area contributed by atoms with Crippen LogP contribution in [0.15, 0.2) is 22.7 Å². The van der Waals surface area contributed by atoms with Gasteiger partial charge in [-0.15, -0.1) is 0 Å². The van der Waals surface area contributed by atoms with Gasteiger partial charge in [-0.3, -0.25) is 0 Å². The van der Waals surface area contributed by atoms with E-state index in [2.05, 4.69) is 15.9 Å². The minimum atomic E-state index is -0.164. The number of hydrogen-bond acceptors (Lipinski definition) is 3. The molecule has 1 heterocycles. The van der Waals surface area contributed by atoms with Crippen LogP contribution >= 0.6 is 39.5 Å². The zero-order valence-electron chi connectivity index (χ0n) is 9.36. The Labute approximate surface area is 118 Å². The minimum Gasteiger partial charge on any atom is -0.326 e. The molecule has 0 saturated carbocycles. The van der Waals surface area contributed by atoms with Gasteiger partial charge in [0, 0.05) is 33.0 Å². The lowest BCUT2D eigenvalue weighted by Crippen LogP contribution is -2.38. The van der Waals surface area contributed by atoms with Crippen molar-refractivity contribution in [1.82, 2.24) is 0 Å². The Morgan fingerprint density at radius 3 is 2.94 bits per heavy atom. The summed E-state index contributed by atoms with van der Waals surface area (Å²) >= 11 is 7.13. The Morgan fingerprint density at radius 2 is 2.29 bits per heavy atom. The van der Waals surface area contributed by atoms with Crippen LogP contribution in [0.5, 0.6) is 0 Å². The van der Waals surface area contributed by atoms with E-state index in [9.17, 15) is 4.39 Å². The van der Waals surface area contributed by atoms with Crippen LogP contribution in [0.4, 0.5) is 4.39 Å². The highest BCUT2D eigenvalue weighted by molar-refractivity contribution is 9.10. The molecule has 17 heavy (non-hydrogen) atoms. The SMILES string of the molecule is NC(Cc1ccc(Br)cc1F)C1CSCCS1. The molecule has 1 saturated heterocycles. The summed E-state index contributed by atoms with van der Waals surface area (Å²) in [7, 11) is 0. The van der Waals surface area contributed by atoms with Crippen molar-refractivity contribution in [3.63, 3.8) is 0 Å². The lowest BCUT2D eigenvalue weighted by Gasteiger charge is -2.26. The van der Waals surface area contributed by atoms with E-state index >= 15 is 0 Å². The summed E-state index contributed by atoms with van der Waals surface area (Å²) in [6.07, 6.45) is 0.622. The van der Waals surface area contributed by atoms with Gasteiger partial charge in [0.25, 0.3) is 0 Å². The second kappa shape index (κ2) is 6.45. The van der Waals surface area contributed by atoms with Crippen LogP contribution in [0.3, 0.4) is 0 Å². The highest BCUT2D eigenvalue weighted by Crippen LogP contribution is 2.27. The van der Waals surface area contributed by atoms with E-state index in [1.807, 2.05) is 35.7 Å². The van der Waals surface area contributed by atoms with Crippen molar-refractivity contribution in [3.8, 4) is 0 Å². The third-order valence-corrected chi connectivity index (χ3v) is 6.22. The quantitative estimate of drug-likeness (QED) is 0.917. The Hall–Kier alpha value is 0.290. The molecule has 2 N–H and O–H groups in total. The standard InChI is InChI=1S/C12H15BrFNS2/c13-9-2-1-8(10(14)6-9)5-11(15)12-7-16-3-4-17-12/h1-2,6,11-12H,3-5,7,15H2. The number of rotatable bonds is 3. The average Bonchev–Trinajstić information content (AvgIpc) is 2.34. The summed E-state index contributed by atoms with van der Waals surface area (Å²) in [6, 6.07) is 5.24. The molecule has 2 rings (SSSR count). The van der Waals surface area contributed by atoms with E-state index < -0.39 is 0 Å². The first-order chi connectivity index (χ1) is 8.16. The first kappa shape index (κ1) is 13.7. The molecule has 0 spiro atoms. The normalized spacial score (nSPS) is 22.4. The zero-order chi connectivity index (χ0) is 12.3. The molecule has 1 nitrogen and oxygen atoms in total. The van der Waals surface area contributed by atoms with Gasteiger partial charge in [-0.05, 0) is 24.1 Å². The summed E-state index contributed by atoms with van der Waals surface area (Å²) in [6.45, 7) is 0. The smallest absolute Gasteiger partial charge is 0.127 e. The molecule has 1 aliphatic rings. The highest BCUT2D eigenvalue weighted by atomic mass is 79.9. The van der Waals surface area contributed by atoms with Gasteiger partial charge in [0.1, 0.15) is 5.82 Å². The second-order valence-electron chi connectivity index (χ2n) is 4.09. The molecule has 2 atom stereocenters. The van der Waals surface area contributed by atoms with Crippen LogP contribution in [0.25, 0.3) is 0 Å². The van der Waals surface area contributed by atoms with Crippen molar-refractivity contribution >= 4 is 39.5 Å². The van der Waals surface area contributed by atoms with Crippen LogP contribution in [0, 0.1) is 5.82 Å². The molecule has 0 aliphatic carbocycles. The molecule has 0 amide bonds. The fraction of sp³-hybridized carbons (Fsp3) is 0.500. The molecule has 1 fully saturated rings. The van der Waals surface area contributed by atoms with Gasteiger partial charge >= 0.3 is 0 Å². The summed E-state index contributed by atoms with van der Waals surface area (Å²) < 4.78 is 14.5. The summed E-state index contributed by atoms with van der Waals surface area (Å²) in [5.74, 6) is 3.29. The molecule has 0 bridgehead atoms. The van der Waals surface area contributed by atoms with E-state index in [1.54, 1.807) is 0 Å². The largest absolute Gasteiger partial charge is 0.326 e. The summed E-state index contributed by atoms with van der Waals surface area (Å²) in [5.41, 5.74) is 6.89. The van der Waals surface area contributed by atoms with Crippen LogP contribution < -0.4 is 5.73 Å². The van der Waals surface area contributed by atoms with Gasteiger partial charge in [-0.1, -0.05) is 22.0 Å². The monoisotopic (exact) mass is 335 g/mol. The van der Waals surface area contributed by atoms with E-state index in [1.165, 1.54) is 11.8 Å². The lowest BCUT2D eigenvalue weighted by atomic mass is 10.0. The Kier molecular flexibility index (Phi) is 5.21. The molecule has 1 aromatic rings. The highest BCUT2D eigenvalue weighted by Gasteiger charge is 2.22. The van der Waals surface area contributed by atoms with Crippen molar-refractivity contribution < 1.29 is 4.39 Å². The summed E-state index contributed by atoms with van der Waals surface area (Å²) in [5, 5.41) is 0.455. The molecule has 5 heteroatoms. The Balaban J connectivity index is 1.99. The number of nitrogens with two attached hydrogens (primary N) is 1. The average molecular weight is 336 g/mol. The zero-order valence-corrected chi connectivity index (χ0v) is 12.6. The van der Waals surface area contributed by atoms with Crippen molar-refractivity contribution in [3.05, 3.63) is 34.1 Å². The first-order valence-electron chi connectivity index (χ1n) is 5.55. The predicted octanol–water partition coefficient (Wildman–Crippen LogP) is 3.31. The third kappa shape index (κ3) is 3.88.